The van der Waals surface area contributed by atoms with Crippen molar-refractivity contribution in [3.63, 3.8) is 0 Å². The van der Waals surface area contributed by atoms with E-state index >= 15 is 0 Å². The van der Waals surface area contributed by atoms with Gasteiger partial charge in [0.2, 0.25) is 0 Å². The van der Waals surface area contributed by atoms with Crippen molar-refractivity contribution in [2.45, 2.75) is 6.92 Å². The van der Waals surface area contributed by atoms with Gasteiger partial charge in [0.05, 0.1) is 10.6 Å². The number of nitrogens with zero attached hydrogens (tertiary/aromatic N) is 1. The summed E-state index contributed by atoms with van der Waals surface area (Å²) >= 11 is 5.69. The number of carbonyl (C=O) groups is 1. The Bertz CT molecular complexity index is 407. The number of hydrogen-bond acceptors (Lipinski definition) is 3. The Morgan fingerprint density at radius 3 is 2.69 bits per heavy atom. The highest BCUT2D eigenvalue weighted by Crippen LogP contribution is 2.25. The summed E-state index contributed by atoms with van der Waals surface area (Å²) in [6.45, 7) is 1.34. The predicted octanol–water partition coefficient (Wildman–Crippen LogP) is 2.12. The van der Waals surface area contributed by atoms with Crippen LogP contribution in [0.4, 0.5) is 0 Å². The maximum atomic E-state index is 10.9. The first kappa shape index (κ1) is 9.56. The van der Waals surface area contributed by atoms with Gasteiger partial charge >= 0.3 is 0 Å². The summed E-state index contributed by atoms with van der Waals surface area (Å²) in [6.07, 6.45) is 0. The molecule has 0 fully saturated rings. The lowest BCUT2D eigenvalue weighted by atomic mass is 10.1. The second kappa shape index (κ2) is 3.46. The maximum Gasteiger partial charge on any atom is 0.161 e. The number of nitriles is 1. The molecule has 0 amide bonds. The van der Waals surface area contributed by atoms with Crippen LogP contribution in [-0.4, -0.2) is 10.9 Å². The Labute approximate surface area is 80.2 Å². The molecule has 0 radical (unpaired) electrons. The van der Waals surface area contributed by atoms with Crippen molar-refractivity contribution >= 4 is 17.4 Å². The van der Waals surface area contributed by atoms with Gasteiger partial charge in [0, 0.05) is 5.56 Å². The zero-order valence-corrected chi connectivity index (χ0v) is 7.59. The minimum absolute atomic E-state index is 0.0648. The Kier molecular flexibility index (Phi) is 2.54. The Balaban J connectivity index is 3.39. The van der Waals surface area contributed by atoms with Crippen molar-refractivity contribution < 1.29 is 9.90 Å². The lowest BCUT2D eigenvalue weighted by Crippen LogP contribution is -1.94. The number of phenols is 1. The quantitative estimate of drug-likeness (QED) is 0.699. The number of rotatable bonds is 1. The van der Waals surface area contributed by atoms with E-state index in [0.717, 1.165) is 0 Å². The molecule has 1 N–H and O–H groups in total. The van der Waals surface area contributed by atoms with Gasteiger partial charge in [-0.25, -0.2) is 0 Å². The standard InChI is InChI=1S/C9H6ClNO2/c1-5(12)7-3-9(13)6(4-11)2-8(7)10/h2-3,13H,1H3. The summed E-state index contributed by atoms with van der Waals surface area (Å²) in [7, 11) is 0. The molecule has 0 aliphatic carbocycles. The average molecular weight is 196 g/mol. The van der Waals surface area contributed by atoms with E-state index in [1.54, 1.807) is 6.07 Å². The van der Waals surface area contributed by atoms with Crippen molar-refractivity contribution in [3.05, 3.63) is 28.3 Å². The third kappa shape index (κ3) is 1.79. The van der Waals surface area contributed by atoms with Crippen LogP contribution in [-0.2, 0) is 0 Å². The van der Waals surface area contributed by atoms with Crippen LogP contribution in [0.5, 0.6) is 5.75 Å². The molecule has 13 heavy (non-hydrogen) atoms. The summed E-state index contributed by atoms with van der Waals surface area (Å²) in [5, 5.41) is 17.9. The second-order valence-electron chi connectivity index (χ2n) is 2.52. The molecule has 0 heterocycles. The summed E-state index contributed by atoms with van der Waals surface area (Å²) in [5.74, 6) is -0.470. The fourth-order valence-electron chi connectivity index (χ4n) is 0.921. The van der Waals surface area contributed by atoms with E-state index in [1.165, 1.54) is 19.1 Å². The van der Waals surface area contributed by atoms with Gasteiger partial charge in [0.1, 0.15) is 11.8 Å². The number of Topliss-reactive ketones (excluding diaryl/α,β-unsaturated/α-hetero) is 1. The van der Waals surface area contributed by atoms with Crippen LogP contribution in [0.25, 0.3) is 0 Å². The molecule has 0 atom stereocenters. The van der Waals surface area contributed by atoms with Gasteiger partial charge in [-0.3, -0.25) is 4.79 Å². The van der Waals surface area contributed by atoms with Crippen LogP contribution in [0.1, 0.15) is 22.8 Å². The molecule has 0 saturated carbocycles. The van der Waals surface area contributed by atoms with Crippen molar-refractivity contribution in [2.75, 3.05) is 0 Å². The molecule has 66 valence electrons. The number of benzene rings is 1. The first-order valence-electron chi connectivity index (χ1n) is 3.50. The summed E-state index contributed by atoms with van der Waals surface area (Å²) in [4.78, 5) is 10.9. The maximum absolute atomic E-state index is 10.9. The molecular formula is C9H6ClNO2. The first-order valence-corrected chi connectivity index (χ1v) is 3.87. The van der Waals surface area contributed by atoms with Gasteiger partial charge in [-0.15, -0.1) is 0 Å². The van der Waals surface area contributed by atoms with Gasteiger partial charge in [-0.05, 0) is 19.1 Å². The fraction of sp³-hybridized carbons (Fsp3) is 0.111. The molecule has 0 bridgehead atoms. The number of ketones is 1. The van der Waals surface area contributed by atoms with Gasteiger partial charge in [-0.1, -0.05) is 11.6 Å². The highest BCUT2D eigenvalue weighted by atomic mass is 35.5. The van der Waals surface area contributed by atoms with Crippen LogP contribution in [0.15, 0.2) is 12.1 Å². The van der Waals surface area contributed by atoms with Crippen LogP contribution in [0, 0.1) is 11.3 Å². The first-order chi connectivity index (χ1) is 6.06. The number of phenolic OH excluding ortho intramolecular Hbond substituents is 1. The van der Waals surface area contributed by atoms with Crippen molar-refractivity contribution in [1.29, 1.82) is 5.26 Å². The second-order valence-corrected chi connectivity index (χ2v) is 2.92. The Morgan fingerprint density at radius 1 is 1.62 bits per heavy atom. The number of carbonyl (C=O) groups excluding carboxylic acids is 1. The van der Waals surface area contributed by atoms with Gasteiger partial charge < -0.3 is 5.11 Å². The lowest BCUT2D eigenvalue weighted by Gasteiger charge is -2.01. The van der Waals surface area contributed by atoms with E-state index < -0.39 is 0 Å². The molecule has 3 nitrogen and oxygen atoms in total. The van der Waals surface area contributed by atoms with Crippen molar-refractivity contribution in [1.82, 2.24) is 0 Å². The molecule has 4 heteroatoms. The van der Waals surface area contributed by atoms with Crippen molar-refractivity contribution in [3.8, 4) is 11.8 Å². The highest BCUT2D eigenvalue weighted by Gasteiger charge is 2.10. The Hall–Kier alpha value is -1.53. The van der Waals surface area contributed by atoms with E-state index in [2.05, 4.69) is 0 Å². The monoisotopic (exact) mass is 195 g/mol. The largest absolute Gasteiger partial charge is 0.507 e. The Morgan fingerprint density at radius 2 is 2.23 bits per heavy atom. The predicted molar refractivity (Wildman–Crippen MR) is 47.8 cm³/mol. The normalized spacial score (nSPS) is 9.31. The van der Waals surface area contributed by atoms with E-state index in [4.69, 9.17) is 16.9 Å². The SMILES string of the molecule is CC(=O)c1cc(O)c(C#N)cc1Cl. The molecule has 0 aromatic heterocycles. The summed E-state index contributed by atoms with van der Waals surface area (Å²) in [6, 6.07) is 4.23. The molecular weight excluding hydrogens is 190 g/mol. The minimum Gasteiger partial charge on any atom is -0.507 e. The van der Waals surface area contributed by atoms with Crippen LogP contribution in [0.3, 0.4) is 0 Å². The third-order valence-corrected chi connectivity index (χ3v) is 1.90. The van der Waals surface area contributed by atoms with E-state index in [0.29, 0.717) is 0 Å². The zero-order valence-electron chi connectivity index (χ0n) is 6.84. The van der Waals surface area contributed by atoms with Crippen LogP contribution in [0.2, 0.25) is 5.02 Å². The summed E-state index contributed by atoms with van der Waals surface area (Å²) in [5.41, 5.74) is 0.285. The topological polar surface area (TPSA) is 61.1 Å². The zero-order chi connectivity index (χ0) is 10.0. The molecule has 0 saturated heterocycles. The average Bonchev–Trinajstić information content (AvgIpc) is 2.07. The minimum atomic E-state index is -0.246. The number of aromatic hydroxyl groups is 1. The van der Waals surface area contributed by atoms with Gasteiger partial charge in [0.15, 0.2) is 5.78 Å². The summed E-state index contributed by atoms with van der Waals surface area (Å²) < 4.78 is 0. The fourth-order valence-corrected chi connectivity index (χ4v) is 1.22. The number of hydrogen-bond donors (Lipinski definition) is 1. The number of halogens is 1. The molecule has 1 aromatic rings. The van der Waals surface area contributed by atoms with E-state index in [1.807, 2.05) is 0 Å². The molecule has 0 spiro atoms. The molecule has 0 unspecified atom stereocenters. The van der Waals surface area contributed by atoms with Crippen LogP contribution < -0.4 is 0 Å². The third-order valence-electron chi connectivity index (χ3n) is 1.59. The highest BCUT2D eigenvalue weighted by molar-refractivity contribution is 6.34. The molecule has 1 aromatic carbocycles. The van der Waals surface area contributed by atoms with E-state index in [-0.39, 0.29) is 27.7 Å². The van der Waals surface area contributed by atoms with Crippen molar-refractivity contribution in [2.24, 2.45) is 0 Å². The molecule has 0 aliphatic heterocycles. The molecule has 0 aliphatic rings. The smallest absolute Gasteiger partial charge is 0.161 e. The van der Waals surface area contributed by atoms with Crippen LogP contribution >= 0.6 is 11.6 Å². The van der Waals surface area contributed by atoms with Gasteiger partial charge in [-0.2, -0.15) is 5.26 Å². The lowest BCUT2D eigenvalue weighted by molar-refractivity contribution is 0.101. The van der Waals surface area contributed by atoms with E-state index in [9.17, 15) is 9.90 Å². The molecule has 1 rings (SSSR count). The van der Waals surface area contributed by atoms with Gasteiger partial charge in [0.25, 0.3) is 0 Å².